The lowest BCUT2D eigenvalue weighted by Crippen LogP contribution is -2.31. The summed E-state index contributed by atoms with van der Waals surface area (Å²) in [5.74, 6) is -0.0585. The molecule has 134 valence electrons. The van der Waals surface area contributed by atoms with Gasteiger partial charge in [0, 0.05) is 53.5 Å². The van der Waals surface area contributed by atoms with E-state index in [1.165, 1.54) is 11.9 Å². The Balaban J connectivity index is 1.64. The highest BCUT2D eigenvalue weighted by atomic mass is 19.1. The van der Waals surface area contributed by atoms with E-state index in [1.54, 1.807) is 18.7 Å². The Morgan fingerprint density at radius 3 is 2.81 bits per heavy atom. The van der Waals surface area contributed by atoms with Crippen LogP contribution in [0.25, 0.3) is 22.1 Å². The number of fused-ring (bicyclic) bond motifs is 2. The summed E-state index contributed by atoms with van der Waals surface area (Å²) in [5.41, 5.74) is 5.09. The summed E-state index contributed by atoms with van der Waals surface area (Å²) >= 11 is 0. The molecule has 0 fully saturated rings. The van der Waals surface area contributed by atoms with Crippen LogP contribution in [0.15, 0.2) is 65.8 Å². The van der Waals surface area contributed by atoms with Crippen molar-refractivity contribution in [3.05, 3.63) is 83.9 Å². The van der Waals surface area contributed by atoms with E-state index in [-0.39, 0.29) is 11.7 Å². The number of furan rings is 1. The van der Waals surface area contributed by atoms with Gasteiger partial charge in [0.25, 0.3) is 0 Å². The second-order valence-corrected chi connectivity index (χ2v) is 7.09. The molecule has 0 amide bonds. The number of rotatable bonds is 2. The zero-order valence-corrected chi connectivity index (χ0v) is 14.9. The fraction of sp³-hybridized carbons (Fsp3) is 0.182. The van der Waals surface area contributed by atoms with Crippen LogP contribution in [0.5, 0.6) is 0 Å². The summed E-state index contributed by atoms with van der Waals surface area (Å²) < 4.78 is 20.9. The largest absolute Gasteiger partial charge is 0.464 e. The Morgan fingerprint density at radius 2 is 1.96 bits per heavy atom. The van der Waals surface area contributed by atoms with Crippen LogP contribution >= 0.6 is 0 Å². The van der Waals surface area contributed by atoms with E-state index in [9.17, 15) is 0 Å². The Kier molecular flexibility index (Phi) is 3.76. The van der Waals surface area contributed by atoms with Gasteiger partial charge in [0.2, 0.25) is 0 Å². The van der Waals surface area contributed by atoms with Crippen molar-refractivity contribution in [1.29, 1.82) is 0 Å². The van der Waals surface area contributed by atoms with Crippen molar-refractivity contribution in [2.75, 3.05) is 13.6 Å². The van der Waals surface area contributed by atoms with Gasteiger partial charge < -0.3 is 9.32 Å². The number of hydrogen-bond acceptors (Lipinski definition) is 4. The van der Waals surface area contributed by atoms with Crippen molar-refractivity contribution in [2.45, 2.75) is 12.5 Å². The van der Waals surface area contributed by atoms with Crippen molar-refractivity contribution < 1.29 is 8.81 Å². The highest BCUT2D eigenvalue weighted by Gasteiger charge is 2.28. The maximum atomic E-state index is 15.4. The Bertz CT molecular complexity index is 1120. The molecule has 5 rings (SSSR count). The minimum Gasteiger partial charge on any atom is -0.464 e. The molecule has 0 bridgehead atoms. The number of aromatic nitrogens is 2. The van der Waals surface area contributed by atoms with Gasteiger partial charge >= 0.3 is 0 Å². The second kappa shape index (κ2) is 6.28. The van der Waals surface area contributed by atoms with E-state index < -0.39 is 0 Å². The predicted octanol–water partition coefficient (Wildman–Crippen LogP) is 4.61. The molecule has 0 radical (unpaired) electrons. The van der Waals surface area contributed by atoms with Crippen LogP contribution in [0.3, 0.4) is 0 Å². The third-order valence-corrected chi connectivity index (χ3v) is 5.33. The van der Waals surface area contributed by atoms with E-state index in [4.69, 9.17) is 4.42 Å². The molecule has 2 aromatic carbocycles. The molecular weight excluding hydrogens is 341 g/mol. The van der Waals surface area contributed by atoms with Gasteiger partial charge in [0.15, 0.2) is 0 Å². The molecule has 4 aromatic rings. The van der Waals surface area contributed by atoms with Crippen molar-refractivity contribution in [2.24, 2.45) is 0 Å². The van der Waals surface area contributed by atoms with Crippen LogP contribution in [0, 0.1) is 5.82 Å². The van der Waals surface area contributed by atoms with E-state index in [0.717, 1.165) is 28.6 Å². The summed E-state index contributed by atoms with van der Waals surface area (Å²) in [6, 6.07) is 12.1. The first-order valence-corrected chi connectivity index (χ1v) is 8.93. The molecule has 3 heterocycles. The molecule has 1 aliphatic rings. The van der Waals surface area contributed by atoms with Gasteiger partial charge in [-0.25, -0.2) is 14.4 Å². The second-order valence-electron chi connectivity index (χ2n) is 7.09. The molecule has 0 spiro atoms. The Labute approximate surface area is 156 Å². The standard InChI is InChI=1S/C22H18FN3O/c1-26-11-19(14-2-5-21-15(8-14)6-7-27-21)18-4-3-17(22(23)20(18)12-26)16-9-24-13-25-10-16/h2-10,13,19H,11-12H2,1H3. The zero-order valence-electron chi connectivity index (χ0n) is 14.9. The van der Waals surface area contributed by atoms with Crippen molar-refractivity contribution in [1.82, 2.24) is 14.9 Å². The van der Waals surface area contributed by atoms with Crippen molar-refractivity contribution >= 4 is 11.0 Å². The Hall–Kier alpha value is -3.05. The fourth-order valence-electron chi connectivity index (χ4n) is 4.02. The van der Waals surface area contributed by atoms with Crippen LogP contribution < -0.4 is 0 Å². The molecule has 0 saturated carbocycles. The molecule has 0 N–H and O–H groups in total. The molecule has 0 aliphatic carbocycles. The molecular formula is C22H18FN3O. The van der Waals surface area contributed by atoms with Gasteiger partial charge in [0.05, 0.1) is 6.26 Å². The number of hydrogen-bond donors (Lipinski definition) is 0. The van der Waals surface area contributed by atoms with Crippen molar-refractivity contribution in [3.63, 3.8) is 0 Å². The van der Waals surface area contributed by atoms with E-state index in [0.29, 0.717) is 17.7 Å². The van der Waals surface area contributed by atoms with E-state index in [2.05, 4.69) is 33.1 Å². The minimum absolute atomic E-state index is 0.119. The third kappa shape index (κ3) is 2.71. The third-order valence-electron chi connectivity index (χ3n) is 5.33. The molecule has 1 atom stereocenters. The number of halogens is 1. The average Bonchev–Trinajstić information content (AvgIpc) is 3.17. The van der Waals surface area contributed by atoms with Crippen LogP contribution in [-0.2, 0) is 6.54 Å². The predicted molar refractivity (Wildman–Crippen MR) is 102 cm³/mol. The SMILES string of the molecule is CN1Cc2c(ccc(-c3cncnc3)c2F)C(c2ccc3occc3c2)C1. The Morgan fingerprint density at radius 1 is 1.11 bits per heavy atom. The summed E-state index contributed by atoms with van der Waals surface area (Å²) in [6.45, 7) is 1.44. The summed E-state index contributed by atoms with van der Waals surface area (Å²) in [4.78, 5) is 10.2. The maximum absolute atomic E-state index is 15.4. The topological polar surface area (TPSA) is 42.2 Å². The molecule has 1 aliphatic heterocycles. The molecule has 27 heavy (non-hydrogen) atoms. The molecule has 1 unspecified atom stereocenters. The van der Waals surface area contributed by atoms with Gasteiger partial charge in [0.1, 0.15) is 17.7 Å². The van der Waals surface area contributed by atoms with Gasteiger partial charge in [-0.2, -0.15) is 0 Å². The lowest BCUT2D eigenvalue weighted by molar-refractivity contribution is 0.289. The fourth-order valence-corrected chi connectivity index (χ4v) is 4.02. The van der Waals surface area contributed by atoms with Crippen LogP contribution in [0.4, 0.5) is 4.39 Å². The van der Waals surface area contributed by atoms with E-state index in [1.807, 2.05) is 25.2 Å². The average molecular weight is 359 g/mol. The monoisotopic (exact) mass is 359 g/mol. The normalized spacial score (nSPS) is 17.2. The molecule has 5 heteroatoms. The summed E-state index contributed by atoms with van der Waals surface area (Å²) in [5, 5.41) is 1.07. The van der Waals surface area contributed by atoms with Gasteiger partial charge in [-0.3, -0.25) is 0 Å². The van der Waals surface area contributed by atoms with Gasteiger partial charge in [-0.1, -0.05) is 18.2 Å². The lowest BCUT2D eigenvalue weighted by atomic mass is 9.83. The summed E-state index contributed by atoms with van der Waals surface area (Å²) in [6.07, 6.45) is 6.45. The quantitative estimate of drug-likeness (QED) is 0.524. The van der Waals surface area contributed by atoms with Crippen LogP contribution in [0.1, 0.15) is 22.6 Å². The first kappa shape index (κ1) is 16.1. The minimum atomic E-state index is -0.178. The lowest BCUT2D eigenvalue weighted by Gasteiger charge is -2.33. The first-order chi connectivity index (χ1) is 13.2. The molecule has 2 aromatic heterocycles. The number of nitrogens with zero attached hydrogens (tertiary/aromatic N) is 3. The zero-order chi connectivity index (χ0) is 18.4. The van der Waals surface area contributed by atoms with Gasteiger partial charge in [-0.15, -0.1) is 0 Å². The van der Waals surface area contributed by atoms with Crippen LogP contribution in [0.2, 0.25) is 0 Å². The maximum Gasteiger partial charge on any atom is 0.135 e. The highest BCUT2D eigenvalue weighted by Crippen LogP contribution is 2.38. The summed E-state index contributed by atoms with van der Waals surface area (Å²) in [7, 11) is 2.03. The van der Waals surface area contributed by atoms with Crippen LogP contribution in [-0.4, -0.2) is 28.5 Å². The van der Waals surface area contributed by atoms with Gasteiger partial charge in [-0.05, 0) is 36.4 Å². The smallest absolute Gasteiger partial charge is 0.135 e. The molecule has 0 saturated heterocycles. The molecule has 4 nitrogen and oxygen atoms in total. The van der Waals surface area contributed by atoms with Crippen molar-refractivity contribution in [3.8, 4) is 11.1 Å². The first-order valence-electron chi connectivity index (χ1n) is 8.93. The number of benzene rings is 2. The highest BCUT2D eigenvalue weighted by molar-refractivity contribution is 5.78. The van der Waals surface area contributed by atoms with E-state index >= 15 is 4.39 Å². The number of likely N-dealkylation sites (N-methyl/N-ethyl adjacent to an activating group) is 1.